The largest absolute Gasteiger partial charge is 0.464 e. The average Bonchev–Trinajstić information content (AvgIpc) is 3.18. The smallest absolute Gasteiger partial charge is 0.123 e. The maximum Gasteiger partial charge on any atom is 0.123 e. The second kappa shape index (κ2) is 6.81. The second-order valence-electron chi connectivity index (χ2n) is 5.76. The molecule has 1 fully saturated rings. The van der Waals surface area contributed by atoms with Crippen molar-refractivity contribution in [2.75, 3.05) is 18.4 Å². The third-order valence-corrected chi connectivity index (χ3v) is 4.09. The molecule has 1 saturated heterocycles. The molecule has 3 rings (SSSR count). The number of likely N-dealkylation sites (tertiary alicyclic amines) is 1. The van der Waals surface area contributed by atoms with Gasteiger partial charge in [-0.15, -0.1) is 0 Å². The van der Waals surface area contributed by atoms with Crippen molar-refractivity contribution in [1.82, 2.24) is 4.90 Å². The molecule has 112 valence electrons. The number of rotatable bonds is 6. The van der Waals surface area contributed by atoms with Crippen molar-refractivity contribution in [2.45, 2.75) is 39.3 Å². The molecule has 1 aliphatic heterocycles. The van der Waals surface area contributed by atoms with E-state index in [2.05, 4.69) is 47.5 Å². The number of furan rings is 1. The van der Waals surface area contributed by atoms with Crippen molar-refractivity contribution < 1.29 is 4.42 Å². The maximum atomic E-state index is 5.70. The van der Waals surface area contributed by atoms with Gasteiger partial charge in [0.1, 0.15) is 11.5 Å². The number of anilines is 1. The Bertz CT molecular complexity index is 553. The Balaban J connectivity index is 1.51. The Morgan fingerprint density at radius 3 is 2.38 bits per heavy atom. The SMILES string of the molecule is CCc1ccc(CNc2ccc(CN3CCCC3)cc2)o1. The summed E-state index contributed by atoms with van der Waals surface area (Å²) in [6, 6.07) is 12.9. The van der Waals surface area contributed by atoms with E-state index in [0.29, 0.717) is 0 Å². The summed E-state index contributed by atoms with van der Waals surface area (Å²) >= 11 is 0. The lowest BCUT2D eigenvalue weighted by Gasteiger charge is -2.14. The van der Waals surface area contributed by atoms with Crippen LogP contribution in [-0.2, 0) is 19.5 Å². The van der Waals surface area contributed by atoms with Crippen LogP contribution in [-0.4, -0.2) is 18.0 Å². The predicted octanol–water partition coefficient (Wildman–Crippen LogP) is 4.05. The molecular weight excluding hydrogens is 260 g/mol. The molecule has 1 aromatic carbocycles. The van der Waals surface area contributed by atoms with Crippen LogP contribution in [0.5, 0.6) is 0 Å². The van der Waals surface area contributed by atoms with Gasteiger partial charge in [0.25, 0.3) is 0 Å². The van der Waals surface area contributed by atoms with E-state index in [1.54, 1.807) is 0 Å². The van der Waals surface area contributed by atoms with E-state index in [9.17, 15) is 0 Å². The van der Waals surface area contributed by atoms with Gasteiger partial charge in [-0.2, -0.15) is 0 Å². The first kappa shape index (κ1) is 14.2. The molecule has 0 saturated carbocycles. The second-order valence-corrected chi connectivity index (χ2v) is 5.76. The standard InChI is InChI=1S/C18H24N2O/c1-2-17-9-10-18(21-17)13-19-16-7-5-15(6-8-16)14-20-11-3-4-12-20/h5-10,19H,2-4,11-14H2,1H3. The van der Waals surface area contributed by atoms with Gasteiger partial charge in [-0.3, -0.25) is 4.90 Å². The van der Waals surface area contributed by atoms with Crippen molar-refractivity contribution in [1.29, 1.82) is 0 Å². The van der Waals surface area contributed by atoms with Crippen LogP contribution >= 0.6 is 0 Å². The van der Waals surface area contributed by atoms with E-state index in [1.165, 1.54) is 31.5 Å². The van der Waals surface area contributed by atoms with Gasteiger partial charge >= 0.3 is 0 Å². The third kappa shape index (κ3) is 3.88. The Kier molecular flexibility index (Phi) is 4.61. The average molecular weight is 284 g/mol. The van der Waals surface area contributed by atoms with E-state index in [-0.39, 0.29) is 0 Å². The molecule has 0 spiro atoms. The summed E-state index contributed by atoms with van der Waals surface area (Å²) < 4.78 is 5.70. The monoisotopic (exact) mass is 284 g/mol. The summed E-state index contributed by atoms with van der Waals surface area (Å²) in [6.45, 7) is 6.43. The maximum absolute atomic E-state index is 5.70. The fourth-order valence-electron chi connectivity index (χ4n) is 2.82. The molecule has 3 nitrogen and oxygen atoms in total. The Hall–Kier alpha value is -1.74. The van der Waals surface area contributed by atoms with Crippen LogP contribution in [0.15, 0.2) is 40.8 Å². The van der Waals surface area contributed by atoms with Gasteiger partial charge in [0.2, 0.25) is 0 Å². The zero-order chi connectivity index (χ0) is 14.5. The fraction of sp³-hybridized carbons (Fsp3) is 0.444. The molecule has 2 heterocycles. The molecule has 0 amide bonds. The first-order valence-electron chi connectivity index (χ1n) is 7.96. The minimum atomic E-state index is 0.742. The zero-order valence-electron chi connectivity index (χ0n) is 12.8. The van der Waals surface area contributed by atoms with Crippen LogP contribution in [0.2, 0.25) is 0 Å². The van der Waals surface area contributed by atoms with Crippen LogP contribution in [0.25, 0.3) is 0 Å². The molecule has 1 aromatic heterocycles. The van der Waals surface area contributed by atoms with Crippen molar-refractivity contribution >= 4 is 5.69 Å². The highest BCUT2D eigenvalue weighted by Gasteiger charge is 2.11. The predicted molar refractivity (Wildman–Crippen MR) is 86.4 cm³/mol. The molecule has 0 radical (unpaired) electrons. The molecule has 3 heteroatoms. The molecule has 0 bridgehead atoms. The van der Waals surface area contributed by atoms with E-state index in [4.69, 9.17) is 4.42 Å². The van der Waals surface area contributed by atoms with Crippen LogP contribution in [0.4, 0.5) is 5.69 Å². The highest BCUT2D eigenvalue weighted by atomic mass is 16.3. The van der Waals surface area contributed by atoms with Gasteiger partial charge in [0.05, 0.1) is 6.54 Å². The number of nitrogens with zero attached hydrogens (tertiary/aromatic N) is 1. The van der Waals surface area contributed by atoms with Gasteiger partial charge in [-0.25, -0.2) is 0 Å². The van der Waals surface area contributed by atoms with Crippen LogP contribution < -0.4 is 5.32 Å². The first-order chi connectivity index (χ1) is 10.3. The Labute approximate surface area is 127 Å². The van der Waals surface area contributed by atoms with Gasteiger partial charge in [0, 0.05) is 18.7 Å². The minimum absolute atomic E-state index is 0.742. The van der Waals surface area contributed by atoms with Crippen LogP contribution in [0.1, 0.15) is 36.8 Å². The number of hydrogen-bond acceptors (Lipinski definition) is 3. The molecule has 0 atom stereocenters. The quantitative estimate of drug-likeness (QED) is 0.867. The molecule has 21 heavy (non-hydrogen) atoms. The van der Waals surface area contributed by atoms with E-state index in [0.717, 1.165) is 36.7 Å². The Morgan fingerprint density at radius 1 is 1.00 bits per heavy atom. The van der Waals surface area contributed by atoms with Gasteiger partial charge < -0.3 is 9.73 Å². The number of benzene rings is 1. The van der Waals surface area contributed by atoms with Crippen LogP contribution in [0.3, 0.4) is 0 Å². The van der Waals surface area contributed by atoms with E-state index < -0.39 is 0 Å². The summed E-state index contributed by atoms with van der Waals surface area (Å²) in [5.74, 6) is 2.04. The molecule has 0 unspecified atom stereocenters. The molecular formula is C18H24N2O. The molecule has 0 aliphatic carbocycles. The van der Waals surface area contributed by atoms with E-state index in [1.807, 2.05) is 6.07 Å². The van der Waals surface area contributed by atoms with Crippen molar-refractivity contribution in [3.63, 3.8) is 0 Å². The lowest BCUT2D eigenvalue weighted by Crippen LogP contribution is -2.18. The topological polar surface area (TPSA) is 28.4 Å². The lowest BCUT2D eigenvalue weighted by atomic mass is 10.2. The van der Waals surface area contributed by atoms with Crippen molar-refractivity contribution in [2.24, 2.45) is 0 Å². The highest BCUT2D eigenvalue weighted by molar-refractivity contribution is 5.44. The Morgan fingerprint density at radius 2 is 1.71 bits per heavy atom. The van der Waals surface area contributed by atoms with Gasteiger partial charge in [-0.05, 0) is 55.8 Å². The summed E-state index contributed by atoms with van der Waals surface area (Å²) in [4.78, 5) is 2.53. The van der Waals surface area contributed by atoms with Crippen molar-refractivity contribution in [3.05, 3.63) is 53.5 Å². The fourth-order valence-corrected chi connectivity index (χ4v) is 2.82. The summed E-state index contributed by atoms with van der Waals surface area (Å²) in [5.41, 5.74) is 2.54. The van der Waals surface area contributed by atoms with Gasteiger partial charge in [-0.1, -0.05) is 19.1 Å². The summed E-state index contributed by atoms with van der Waals surface area (Å²) in [6.07, 6.45) is 3.65. The normalized spacial score (nSPS) is 15.5. The first-order valence-corrected chi connectivity index (χ1v) is 7.96. The molecule has 1 aliphatic rings. The molecule has 2 aromatic rings. The number of nitrogens with one attached hydrogen (secondary N) is 1. The summed E-state index contributed by atoms with van der Waals surface area (Å²) in [7, 11) is 0. The third-order valence-electron chi connectivity index (χ3n) is 4.09. The highest BCUT2D eigenvalue weighted by Crippen LogP contribution is 2.16. The minimum Gasteiger partial charge on any atom is -0.464 e. The van der Waals surface area contributed by atoms with E-state index >= 15 is 0 Å². The van der Waals surface area contributed by atoms with Crippen LogP contribution in [0, 0.1) is 0 Å². The summed E-state index contributed by atoms with van der Waals surface area (Å²) in [5, 5.41) is 3.41. The van der Waals surface area contributed by atoms with Crippen molar-refractivity contribution in [3.8, 4) is 0 Å². The number of hydrogen-bond donors (Lipinski definition) is 1. The van der Waals surface area contributed by atoms with Gasteiger partial charge in [0.15, 0.2) is 0 Å². The molecule has 1 N–H and O–H groups in total. The lowest BCUT2D eigenvalue weighted by molar-refractivity contribution is 0.331. The number of aryl methyl sites for hydroxylation is 1. The zero-order valence-corrected chi connectivity index (χ0v) is 12.8.